The van der Waals surface area contributed by atoms with Crippen molar-refractivity contribution in [2.45, 2.75) is 45.1 Å². The topological polar surface area (TPSA) is 58.6 Å². The third kappa shape index (κ3) is 3.86. The zero-order chi connectivity index (χ0) is 17.1. The maximum absolute atomic E-state index is 13.1. The van der Waals surface area contributed by atoms with Crippen molar-refractivity contribution in [3.05, 3.63) is 17.5 Å². The second kappa shape index (κ2) is 7.47. The van der Waals surface area contributed by atoms with Crippen LogP contribution in [0, 0.1) is 12.8 Å². The first kappa shape index (κ1) is 17.1. The summed E-state index contributed by atoms with van der Waals surface area (Å²) in [5.41, 5.74) is 1.35. The van der Waals surface area contributed by atoms with Crippen molar-refractivity contribution in [2.24, 2.45) is 5.92 Å². The first-order valence-corrected chi connectivity index (χ1v) is 8.96. The molecule has 1 saturated heterocycles. The molecule has 0 spiro atoms. The Morgan fingerprint density at radius 3 is 2.58 bits per heavy atom. The Labute approximate surface area is 144 Å². The molecule has 1 aromatic heterocycles. The summed E-state index contributed by atoms with van der Waals surface area (Å²) in [7, 11) is 3.80. The van der Waals surface area contributed by atoms with E-state index in [-0.39, 0.29) is 12.0 Å². The molecule has 0 aromatic carbocycles. The fourth-order valence-electron chi connectivity index (χ4n) is 3.31. The highest BCUT2D eigenvalue weighted by Crippen LogP contribution is 2.28. The number of anilines is 1. The van der Waals surface area contributed by atoms with Gasteiger partial charge in [-0.3, -0.25) is 4.79 Å². The molecule has 24 heavy (non-hydrogen) atoms. The van der Waals surface area contributed by atoms with Crippen LogP contribution >= 0.6 is 0 Å². The SMILES string of the molecule is Cc1nc(N(C)C)ncc1C(=O)N(CC1CCC1)C[C@@H]1CCCO1. The van der Waals surface area contributed by atoms with Crippen molar-refractivity contribution in [3.8, 4) is 0 Å². The second-order valence-corrected chi connectivity index (χ2v) is 7.21. The van der Waals surface area contributed by atoms with E-state index in [0.717, 1.165) is 31.7 Å². The van der Waals surface area contributed by atoms with Crippen LogP contribution in [-0.2, 0) is 4.74 Å². The molecule has 2 heterocycles. The van der Waals surface area contributed by atoms with Gasteiger partial charge in [0.05, 0.1) is 17.4 Å². The van der Waals surface area contributed by atoms with Gasteiger partial charge in [-0.15, -0.1) is 0 Å². The first-order chi connectivity index (χ1) is 11.5. The summed E-state index contributed by atoms with van der Waals surface area (Å²) < 4.78 is 5.75. The molecule has 1 amide bonds. The molecule has 1 aromatic rings. The minimum Gasteiger partial charge on any atom is -0.376 e. The minimum absolute atomic E-state index is 0.0419. The lowest BCUT2D eigenvalue weighted by Gasteiger charge is -2.33. The molecule has 0 unspecified atom stereocenters. The van der Waals surface area contributed by atoms with Crippen molar-refractivity contribution >= 4 is 11.9 Å². The maximum atomic E-state index is 13.1. The van der Waals surface area contributed by atoms with Crippen LogP contribution in [0.25, 0.3) is 0 Å². The van der Waals surface area contributed by atoms with Gasteiger partial charge in [-0.05, 0) is 38.5 Å². The van der Waals surface area contributed by atoms with Gasteiger partial charge in [0.2, 0.25) is 5.95 Å². The van der Waals surface area contributed by atoms with Crippen molar-refractivity contribution in [1.82, 2.24) is 14.9 Å². The number of hydrogen-bond acceptors (Lipinski definition) is 5. The predicted octanol–water partition coefficient (Wildman–Crippen LogP) is 2.27. The molecule has 3 rings (SSSR count). The van der Waals surface area contributed by atoms with Gasteiger partial charge in [0, 0.05) is 40.0 Å². The zero-order valence-corrected chi connectivity index (χ0v) is 15.0. The Morgan fingerprint density at radius 2 is 2.04 bits per heavy atom. The molecule has 2 aliphatic rings. The number of ether oxygens (including phenoxy) is 1. The molecule has 1 aliphatic heterocycles. The van der Waals surface area contributed by atoms with E-state index in [4.69, 9.17) is 4.74 Å². The Hall–Kier alpha value is -1.69. The van der Waals surface area contributed by atoms with E-state index in [9.17, 15) is 4.79 Å². The summed E-state index contributed by atoms with van der Waals surface area (Å²) >= 11 is 0. The normalized spacial score (nSPS) is 20.7. The van der Waals surface area contributed by atoms with Crippen LogP contribution in [0.5, 0.6) is 0 Å². The van der Waals surface area contributed by atoms with Crippen LogP contribution in [0.3, 0.4) is 0 Å². The molecule has 1 atom stereocenters. The number of carbonyl (C=O) groups is 1. The highest BCUT2D eigenvalue weighted by molar-refractivity contribution is 5.95. The van der Waals surface area contributed by atoms with E-state index in [1.807, 2.05) is 30.8 Å². The van der Waals surface area contributed by atoms with Gasteiger partial charge in [-0.1, -0.05) is 6.42 Å². The monoisotopic (exact) mass is 332 g/mol. The number of nitrogens with zero attached hydrogens (tertiary/aromatic N) is 4. The number of amides is 1. The number of aromatic nitrogens is 2. The fraction of sp³-hybridized carbons (Fsp3) is 0.722. The van der Waals surface area contributed by atoms with E-state index in [1.54, 1.807) is 6.20 Å². The number of carbonyl (C=O) groups excluding carboxylic acids is 1. The van der Waals surface area contributed by atoms with Gasteiger partial charge in [0.1, 0.15) is 0 Å². The third-order valence-corrected chi connectivity index (χ3v) is 5.04. The smallest absolute Gasteiger partial charge is 0.257 e. The maximum Gasteiger partial charge on any atom is 0.257 e. The lowest BCUT2D eigenvalue weighted by atomic mass is 9.85. The van der Waals surface area contributed by atoms with Crippen LogP contribution in [0.2, 0.25) is 0 Å². The average molecular weight is 332 g/mol. The molecule has 1 saturated carbocycles. The molecular formula is C18H28N4O2. The van der Waals surface area contributed by atoms with E-state index in [2.05, 4.69) is 9.97 Å². The number of aryl methyl sites for hydroxylation is 1. The summed E-state index contributed by atoms with van der Waals surface area (Å²) in [6.45, 7) is 4.21. The van der Waals surface area contributed by atoms with Crippen LogP contribution in [0.1, 0.15) is 48.2 Å². The molecule has 0 N–H and O–H groups in total. The van der Waals surface area contributed by atoms with Crippen molar-refractivity contribution in [2.75, 3.05) is 38.7 Å². The van der Waals surface area contributed by atoms with Gasteiger partial charge >= 0.3 is 0 Å². The predicted molar refractivity (Wildman–Crippen MR) is 93.3 cm³/mol. The highest BCUT2D eigenvalue weighted by atomic mass is 16.5. The average Bonchev–Trinajstić information content (AvgIpc) is 3.01. The van der Waals surface area contributed by atoms with Crippen LogP contribution in [0.15, 0.2) is 6.20 Å². The van der Waals surface area contributed by atoms with E-state index in [0.29, 0.717) is 24.0 Å². The van der Waals surface area contributed by atoms with E-state index < -0.39 is 0 Å². The Morgan fingerprint density at radius 1 is 1.25 bits per heavy atom. The van der Waals surface area contributed by atoms with Crippen LogP contribution < -0.4 is 4.90 Å². The summed E-state index contributed by atoms with van der Waals surface area (Å²) in [6.07, 6.45) is 7.72. The van der Waals surface area contributed by atoms with Gasteiger partial charge < -0.3 is 14.5 Å². The number of rotatable bonds is 6. The lowest BCUT2D eigenvalue weighted by molar-refractivity contribution is 0.0446. The summed E-state index contributed by atoms with van der Waals surface area (Å²) in [5, 5.41) is 0. The van der Waals surface area contributed by atoms with E-state index in [1.165, 1.54) is 19.3 Å². The largest absolute Gasteiger partial charge is 0.376 e. The first-order valence-electron chi connectivity index (χ1n) is 8.96. The van der Waals surface area contributed by atoms with Gasteiger partial charge in [0.25, 0.3) is 5.91 Å². The summed E-state index contributed by atoms with van der Waals surface area (Å²) in [6, 6.07) is 0. The molecular weight excluding hydrogens is 304 g/mol. The molecule has 0 radical (unpaired) electrons. The minimum atomic E-state index is 0.0419. The van der Waals surface area contributed by atoms with Gasteiger partial charge in [-0.2, -0.15) is 0 Å². The Balaban J connectivity index is 1.75. The third-order valence-electron chi connectivity index (χ3n) is 5.04. The number of hydrogen-bond donors (Lipinski definition) is 0. The zero-order valence-electron chi connectivity index (χ0n) is 15.0. The second-order valence-electron chi connectivity index (χ2n) is 7.21. The van der Waals surface area contributed by atoms with Gasteiger partial charge in [-0.25, -0.2) is 9.97 Å². The molecule has 2 fully saturated rings. The molecule has 132 valence electrons. The Kier molecular flexibility index (Phi) is 5.33. The van der Waals surface area contributed by atoms with Crippen LogP contribution in [-0.4, -0.2) is 60.7 Å². The Bertz CT molecular complexity index is 580. The fourth-order valence-corrected chi connectivity index (χ4v) is 3.31. The van der Waals surface area contributed by atoms with Crippen molar-refractivity contribution in [1.29, 1.82) is 0 Å². The van der Waals surface area contributed by atoms with Crippen molar-refractivity contribution < 1.29 is 9.53 Å². The standard InChI is InChI=1S/C18H28N4O2/c1-13-16(10-19-18(20-13)21(2)3)17(23)22(11-14-6-4-7-14)12-15-8-5-9-24-15/h10,14-15H,4-9,11-12H2,1-3H3/t15-/m0/s1. The summed E-state index contributed by atoms with van der Waals surface area (Å²) in [5.74, 6) is 1.31. The molecule has 6 nitrogen and oxygen atoms in total. The highest BCUT2D eigenvalue weighted by Gasteiger charge is 2.29. The molecule has 0 bridgehead atoms. The lowest BCUT2D eigenvalue weighted by Crippen LogP contribution is -2.42. The van der Waals surface area contributed by atoms with E-state index >= 15 is 0 Å². The molecule has 6 heteroatoms. The molecule has 1 aliphatic carbocycles. The van der Waals surface area contributed by atoms with Gasteiger partial charge in [0.15, 0.2) is 0 Å². The van der Waals surface area contributed by atoms with Crippen molar-refractivity contribution in [3.63, 3.8) is 0 Å². The summed E-state index contributed by atoms with van der Waals surface area (Å²) in [4.78, 5) is 25.7. The van der Waals surface area contributed by atoms with Crippen LogP contribution in [0.4, 0.5) is 5.95 Å². The quantitative estimate of drug-likeness (QED) is 0.800.